The summed E-state index contributed by atoms with van der Waals surface area (Å²) in [6, 6.07) is 6.00. The van der Waals surface area contributed by atoms with Gasteiger partial charge in [-0.15, -0.1) is 0 Å². The Morgan fingerprint density at radius 2 is 1.97 bits per heavy atom. The van der Waals surface area contributed by atoms with Crippen LogP contribution in [-0.4, -0.2) is 74.9 Å². The van der Waals surface area contributed by atoms with E-state index in [0.717, 1.165) is 11.1 Å². The Morgan fingerprint density at radius 3 is 2.69 bits per heavy atom. The van der Waals surface area contributed by atoms with E-state index in [0.29, 0.717) is 67.0 Å². The maximum absolute atomic E-state index is 11.7. The molecule has 3 aromatic heterocycles. The fraction of sp³-hybridized carbons (Fsp3) is 0.409. The molecule has 1 saturated heterocycles. The summed E-state index contributed by atoms with van der Waals surface area (Å²) in [5.74, 6) is 2.72. The zero-order valence-electron chi connectivity index (χ0n) is 20.0. The van der Waals surface area contributed by atoms with Crippen molar-refractivity contribution in [2.24, 2.45) is 0 Å². The Kier molecular flexibility index (Phi) is 6.45. The number of aryl methyl sites for hydroxylation is 1. The number of anilines is 2. The molecular formula is C22H27N9O4S. The van der Waals surface area contributed by atoms with Crippen molar-refractivity contribution in [1.29, 1.82) is 0 Å². The molecule has 0 unspecified atom stereocenters. The third kappa shape index (κ3) is 5.23. The third-order valence-electron chi connectivity index (χ3n) is 6.00. The van der Waals surface area contributed by atoms with Crippen molar-refractivity contribution in [1.82, 2.24) is 34.8 Å². The first-order valence-corrected chi connectivity index (χ1v) is 13.2. The first kappa shape index (κ1) is 23.9. The van der Waals surface area contributed by atoms with Crippen molar-refractivity contribution < 1.29 is 17.7 Å². The monoisotopic (exact) mass is 513 g/mol. The van der Waals surface area contributed by atoms with Gasteiger partial charge in [0.2, 0.25) is 11.8 Å². The average molecular weight is 514 g/mol. The molecule has 14 heteroatoms. The molecule has 0 atom stereocenters. The fourth-order valence-corrected chi connectivity index (χ4v) is 5.46. The van der Waals surface area contributed by atoms with Crippen LogP contribution in [-0.2, 0) is 29.5 Å². The van der Waals surface area contributed by atoms with Gasteiger partial charge in [-0.1, -0.05) is 17.3 Å². The number of fused-ring (bicyclic) bond motifs is 1. The maximum atomic E-state index is 11.7. The molecule has 1 fully saturated rings. The molecule has 5 rings (SSSR count). The molecule has 4 aromatic rings. The third-order valence-corrected chi connectivity index (χ3v) is 7.61. The Hall–Kier alpha value is -3.78. The molecule has 13 nitrogen and oxygen atoms in total. The second-order valence-corrected chi connectivity index (χ2v) is 10.9. The summed E-state index contributed by atoms with van der Waals surface area (Å²) in [7, 11) is -1.28. The zero-order chi connectivity index (χ0) is 25.3. The summed E-state index contributed by atoms with van der Waals surface area (Å²) in [5, 5.41) is 11.6. The first-order valence-electron chi connectivity index (χ1n) is 11.4. The number of aromatic nitrogens is 6. The Morgan fingerprint density at radius 1 is 1.17 bits per heavy atom. The van der Waals surface area contributed by atoms with E-state index in [1.807, 2.05) is 18.2 Å². The van der Waals surface area contributed by atoms with Crippen molar-refractivity contribution in [2.75, 3.05) is 42.8 Å². The standard InChI is InChI=1S/C22H27N9O4S/c1-14-26-19(29-35-14)11-24-21-20-17(27-22(23)28-21)10-25-31(20)13-16-4-3-15(9-18(16)34-2)12-30-5-7-36(32,33)8-6-30/h3-4,9-10H,5-8,11-13H2,1-2H3,(H3,23,24,27,28). The van der Waals surface area contributed by atoms with Crippen LogP contribution in [0.15, 0.2) is 28.9 Å². The number of methoxy groups -OCH3 is 1. The number of hydrogen-bond acceptors (Lipinski definition) is 12. The van der Waals surface area contributed by atoms with E-state index in [1.165, 1.54) is 0 Å². The average Bonchev–Trinajstić information content (AvgIpc) is 3.45. The number of nitrogens with zero attached hydrogens (tertiary/aromatic N) is 7. The number of nitrogens with one attached hydrogen (secondary N) is 1. The largest absolute Gasteiger partial charge is 0.496 e. The molecule has 0 aliphatic carbocycles. The molecule has 0 bridgehead atoms. The van der Waals surface area contributed by atoms with E-state index < -0.39 is 9.84 Å². The van der Waals surface area contributed by atoms with Crippen LogP contribution < -0.4 is 15.8 Å². The molecule has 0 radical (unpaired) electrons. The van der Waals surface area contributed by atoms with Gasteiger partial charge in [0.25, 0.3) is 0 Å². The predicted molar refractivity (Wildman–Crippen MR) is 132 cm³/mol. The number of nitrogens with two attached hydrogens (primary N) is 1. The lowest BCUT2D eigenvalue weighted by Gasteiger charge is -2.26. The van der Waals surface area contributed by atoms with E-state index in [4.69, 9.17) is 15.0 Å². The van der Waals surface area contributed by atoms with Crippen molar-refractivity contribution >= 4 is 32.6 Å². The Balaban J connectivity index is 1.37. The van der Waals surface area contributed by atoms with Gasteiger partial charge in [0.1, 0.15) is 16.8 Å². The van der Waals surface area contributed by atoms with Gasteiger partial charge < -0.3 is 20.3 Å². The van der Waals surface area contributed by atoms with Crippen LogP contribution in [0.4, 0.5) is 11.8 Å². The highest BCUT2D eigenvalue weighted by Crippen LogP contribution is 2.26. The van der Waals surface area contributed by atoms with Gasteiger partial charge in [-0.05, 0) is 11.6 Å². The highest BCUT2D eigenvalue weighted by molar-refractivity contribution is 7.91. The quantitative estimate of drug-likeness (QED) is 0.343. The van der Waals surface area contributed by atoms with Gasteiger partial charge in [0.05, 0.1) is 37.9 Å². The lowest BCUT2D eigenvalue weighted by Crippen LogP contribution is -2.39. The van der Waals surface area contributed by atoms with Crippen molar-refractivity contribution in [3.05, 3.63) is 47.2 Å². The second kappa shape index (κ2) is 9.70. The SMILES string of the molecule is COc1cc(CN2CCS(=O)(=O)CC2)ccc1Cn1ncc2nc(N)nc(NCc3noc(C)n3)c21. The van der Waals surface area contributed by atoms with Gasteiger partial charge in [0, 0.05) is 32.1 Å². The van der Waals surface area contributed by atoms with Crippen molar-refractivity contribution in [3.63, 3.8) is 0 Å². The molecule has 36 heavy (non-hydrogen) atoms. The van der Waals surface area contributed by atoms with Crippen LogP contribution in [0.1, 0.15) is 22.8 Å². The number of nitrogen functional groups attached to an aromatic ring is 1. The molecule has 0 saturated carbocycles. The smallest absolute Gasteiger partial charge is 0.223 e. The highest BCUT2D eigenvalue weighted by atomic mass is 32.2. The molecule has 0 amide bonds. The van der Waals surface area contributed by atoms with Crippen molar-refractivity contribution in [3.8, 4) is 5.75 Å². The second-order valence-electron chi connectivity index (χ2n) is 8.62. The topological polar surface area (TPSA) is 167 Å². The minimum Gasteiger partial charge on any atom is -0.496 e. The maximum Gasteiger partial charge on any atom is 0.223 e. The molecule has 0 spiro atoms. The number of hydrogen-bond donors (Lipinski definition) is 2. The van der Waals surface area contributed by atoms with E-state index in [9.17, 15) is 8.42 Å². The predicted octanol–water partition coefficient (Wildman–Crippen LogP) is 0.999. The van der Waals surface area contributed by atoms with Gasteiger partial charge in [-0.25, -0.2) is 13.4 Å². The molecule has 190 valence electrons. The number of sulfone groups is 1. The Bertz CT molecular complexity index is 1480. The molecule has 1 aromatic carbocycles. The first-order chi connectivity index (χ1) is 17.3. The summed E-state index contributed by atoms with van der Waals surface area (Å²) >= 11 is 0. The van der Waals surface area contributed by atoms with Crippen LogP contribution in [0.3, 0.4) is 0 Å². The van der Waals surface area contributed by atoms with Gasteiger partial charge in [-0.3, -0.25) is 9.58 Å². The highest BCUT2D eigenvalue weighted by Gasteiger charge is 2.22. The number of rotatable bonds is 8. The van der Waals surface area contributed by atoms with Gasteiger partial charge in [-0.2, -0.15) is 15.1 Å². The minimum atomic E-state index is -2.91. The molecule has 3 N–H and O–H groups in total. The normalized spacial score (nSPS) is 15.8. The minimum absolute atomic E-state index is 0.126. The molecule has 1 aliphatic rings. The van der Waals surface area contributed by atoms with E-state index >= 15 is 0 Å². The van der Waals surface area contributed by atoms with Crippen LogP contribution in [0.25, 0.3) is 11.0 Å². The summed E-state index contributed by atoms with van der Waals surface area (Å²) < 4.78 is 35.9. The zero-order valence-corrected chi connectivity index (χ0v) is 20.8. The van der Waals surface area contributed by atoms with Crippen LogP contribution in [0, 0.1) is 6.92 Å². The van der Waals surface area contributed by atoms with Crippen LogP contribution in [0.5, 0.6) is 5.75 Å². The van der Waals surface area contributed by atoms with Crippen LogP contribution in [0.2, 0.25) is 0 Å². The summed E-state index contributed by atoms with van der Waals surface area (Å²) in [5.41, 5.74) is 9.16. The summed E-state index contributed by atoms with van der Waals surface area (Å²) in [6.07, 6.45) is 1.64. The molecule has 1 aliphatic heterocycles. The van der Waals surface area contributed by atoms with E-state index in [2.05, 4.69) is 35.4 Å². The Labute approximate surface area is 207 Å². The lowest BCUT2D eigenvalue weighted by atomic mass is 10.1. The fourth-order valence-electron chi connectivity index (χ4n) is 4.18. The van der Waals surface area contributed by atoms with Crippen LogP contribution >= 0.6 is 0 Å². The summed E-state index contributed by atoms with van der Waals surface area (Å²) in [6.45, 7) is 4.17. The molecular weight excluding hydrogens is 486 g/mol. The molecule has 4 heterocycles. The van der Waals surface area contributed by atoms with Gasteiger partial charge >= 0.3 is 0 Å². The number of benzene rings is 1. The lowest BCUT2D eigenvalue weighted by molar-refractivity contribution is 0.287. The van der Waals surface area contributed by atoms with Gasteiger partial charge in [0.15, 0.2) is 21.5 Å². The van der Waals surface area contributed by atoms with Crippen molar-refractivity contribution in [2.45, 2.75) is 26.6 Å². The van der Waals surface area contributed by atoms with E-state index in [-0.39, 0.29) is 17.5 Å². The summed E-state index contributed by atoms with van der Waals surface area (Å²) in [4.78, 5) is 15.0. The van der Waals surface area contributed by atoms with E-state index in [1.54, 1.807) is 24.9 Å². The number of ether oxygens (including phenoxy) is 1.